The van der Waals surface area contributed by atoms with Gasteiger partial charge in [-0.15, -0.1) is 0 Å². The Bertz CT molecular complexity index is 749. The molecule has 0 aliphatic carbocycles. The Morgan fingerprint density at radius 2 is 1.96 bits per heavy atom. The van der Waals surface area contributed by atoms with E-state index in [4.69, 9.17) is 27.9 Å². The molecule has 1 amide bonds. The fourth-order valence-electron chi connectivity index (χ4n) is 2.69. The third-order valence-electron chi connectivity index (χ3n) is 3.89. The molecule has 6 heteroatoms. The Balaban J connectivity index is 1.88. The van der Waals surface area contributed by atoms with Crippen LogP contribution in [0, 0.1) is 0 Å². The van der Waals surface area contributed by atoms with Gasteiger partial charge in [-0.25, -0.2) is 0 Å². The third-order valence-corrected chi connectivity index (χ3v) is 5.36. The van der Waals surface area contributed by atoms with E-state index in [2.05, 4.69) is 15.9 Å². The number of anilines is 1. The van der Waals surface area contributed by atoms with Crippen LogP contribution in [0.25, 0.3) is 0 Å². The average Bonchev–Trinajstić information content (AvgIpc) is 2.96. The van der Waals surface area contributed by atoms with Crippen LogP contribution in [0.3, 0.4) is 0 Å². The van der Waals surface area contributed by atoms with Gasteiger partial charge in [-0.2, -0.15) is 0 Å². The van der Waals surface area contributed by atoms with Crippen molar-refractivity contribution in [1.82, 2.24) is 0 Å². The summed E-state index contributed by atoms with van der Waals surface area (Å²) in [5, 5.41) is 1.15. The normalized spacial score (nSPS) is 14.5. The van der Waals surface area contributed by atoms with Gasteiger partial charge in [0, 0.05) is 17.3 Å². The largest absolute Gasteiger partial charge is 0.495 e. The number of nitrogens with zero attached hydrogens (tertiary/aromatic N) is 1. The monoisotopic (exact) mass is 413 g/mol. The highest BCUT2D eigenvalue weighted by Crippen LogP contribution is 2.39. The van der Waals surface area contributed by atoms with Gasteiger partial charge in [0.15, 0.2) is 0 Å². The lowest BCUT2D eigenvalue weighted by Crippen LogP contribution is -2.31. The van der Waals surface area contributed by atoms with Gasteiger partial charge < -0.3 is 9.64 Å². The van der Waals surface area contributed by atoms with E-state index in [1.807, 2.05) is 18.2 Å². The Morgan fingerprint density at radius 1 is 1.26 bits per heavy atom. The van der Waals surface area contributed by atoms with Crippen LogP contribution in [-0.4, -0.2) is 19.6 Å². The van der Waals surface area contributed by atoms with Gasteiger partial charge >= 0.3 is 0 Å². The fraction of sp³-hybridized carbons (Fsp3) is 0.235. The maximum absolute atomic E-state index is 12.8. The van der Waals surface area contributed by atoms with Crippen molar-refractivity contribution >= 4 is 50.7 Å². The van der Waals surface area contributed by atoms with E-state index >= 15 is 0 Å². The lowest BCUT2D eigenvalue weighted by Gasteiger charge is -2.21. The molecule has 3 nitrogen and oxygen atoms in total. The molecule has 0 radical (unpaired) electrons. The molecule has 2 aromatic rings. The van der Waals surface area contributed by atoms with E-state index in [1.54, 1.807) is 30.2 Å². The van der Waals surface area contributed by atoms with Gasteiger partial charge in [0.1, 0.15) is 10.6 Å². The van der Waals surface area contributed by atoms with E-state index in [-0.39, 0.29) is 5.91 Å². The van der Waals surface area contributed by atoms with E-state index in [0.717, 1.165) is 23.2 Å². The van der Waals surface area contributed by atoms with Gasteiger partial charge in [-0.1, -0.05) is 51.3 Å². The molecule has 0 N–H and O–H groups in total. The van der Waals surface area contributed by atoms with E-state index in [0.29, 0.717) is 22.3 Å². The SMILES string of the molecule is COc1cc2c(cc1Cl)N(C(=O)C(Br)c1ccc(Cl)cc1)CC2. The van der Waals surface area contributed by atoms with Crippen LogP contribution in [0.2, 0.25) is 10.0 Å². The number of amides is 1. The number of carbonyl (C=O) groups is 1. The summed E-state index contributed by atoms with van der Waals surface area (Å²) in [7, 11) is 1.58. The van der Waals surface area contributed by atoms with Crippen molar-refractivity contribution < 1.29 is 9.53 Å². The van der Waals surface area contributed by atoms with Crippen molar-refractivity contribution in [3.05, 3.63) is 57.6 Å². The van der Waals surface area contributed by atoms with Gasteiger partial charge in [-0.3, -0.25) is 4.79 Å². The van der Waals surface area contributed by atoms with Crippen LogP contribution in [0.5, 0.6) is 5.75 Å². The number of benzene rings is 2. The van der Waals surface area contributed by atoms with Crippen LogP contribution in [0.4, 0.5) is 5.69 Å². The highest BCUT2D eigenvalue weighted by atomic mass is 79.9. The number of hydrogen-bond acceptors (Lipinski definition) is 2. The van der Waals surface area contributed by atoms with Crippen molar-refractivity contribution in [3.63, 3.8) is 0 Å². The zero-order valence-corrected chi connectivity index (χ0v) is 15.5. The van der Waals surface area contributed by atoms with Gasteiger partial charge in [0.05, 0.1) is 12.1 Å². The molecule has 3 rings (SSSR count). The molecule has 0 spiro atoms. The molecular weight excluding hydrogens is 401 g/mol. The summed E-state index contributed by atoms with van der Waals surface area (Å²) >= 11 is 15.6. The lowest BCUT2D eigenvalue weighted by atomic mass is 10.1. The molecular formula is C17H14BrCl2NO2. The summed E-state index contributed by atoms with van der Waals surface area (Å²) in [6.07, 6.45) is 0.787. The van der Waals surface area contributed by atoms with Crippen LogP contribution in [0.1, 0.15) is 16.0 Å². The average molecular weight is 415 g/mol. The number of carbonyl (C=O) groups excluding carboxylic acids is 1. The molecule has 0 saturated heterocycles. The molecule has 0 saturated carbocycles. The maximum atomic E-state index is 12.8. The summed E-state index contributed by atoms with van der Waals surface area (Å²) in [4.78, 5) is 14.2. The summed E-state index contributed by atoms with van der Waals surface area (Å²) in [5.74, 6) is 0.611. The van der Waals surface area contributed by atoms with E-state index < -0.39 is 4.83 Å². The molecule has 0 aromatic heterocycles. The number of fused-ring (bicyclic) bond motifs is 1. The third kappa shape index (κ3) is 3.21. The molecule has 23 heavy (non-hydrogen) atoms. The maximum Gasteiger partial charge on any atom is 0.245 e. The Labute approximate surface area is 153 Å². The van der Waals surface area contributed by atoms with Crippen LogP contribution >= 0.6 is 39.1 Å². The molecule has 0 bridgehead atoms. The fourth-order valence-corrected chi connectivity index (χ4v) is 3.60. The number of ether oxygens (including phenoxy) is 1. The minimum Gasteiger partial charge on any atom is -0.495 e. The molecule has 2 aromatic carbocycles. The van der Waals surface area contributed by atoms with Gasteiger partial charge in [0.2, 0.25) is 5.91 Å². The standard InChI is InChI=1S/C17H14BrCl2NO2/c1-23-15-8-11-6-7-21(14(11)9-13(15)20)17(22)16(18)10-2-4-12(19)5-3-10/h2-5,8-9,16H,6-7H2,1H3. The van der Waals surface area contributed by atoms with Crippen LogP contribution in [0.15, 0.2) is 36.4 Å². The number of alkyl halides is 1. The van der Waals surface area contributed by atoms with Gasteiger partial charge in [0.25, 0.3) is 0 Å². The zero-order valence-electron chi connectivity index (χ0n) is 12.4. The minimum atomic E-state index is -0.424. The summed E-state index contributed by atoms with van der Waals surface area (Å²) in [6, 6.07) is 10.9. The second-order valence-electron chi connectivity index (χ2n) is 5.27. The van der Waals surface area contributed by atoms with Crippen molar-refractivity contribution in [1.29, 1.82) is 0 Å². The number of rotatable bonds is 3. The topological polar surface area (TPSA) is 29.5 Å². The highest BCUT2D eigenvalue weighted by Gasteiger charge is 2.30. The molecule has 1 unspecified atom stereocenters. The second kappa shape index (κ2) is 6.71. The summed E-state index contributed by atoms with van der Waals surface area (Å²) in [5.41, 5.74) is 2.78. The molecule has 120 valence electrons. The van der Waals surface area contributed by atoms with Crippen molar-refractivity contribution in [2.24, 2.45) is 0 Å². The van der Waals surface area contributed by atoms with Crippen molar-refractivity contribution in [2.75, 3.05) is 18.6 Å². The first kappa shape index (κ1) is 16.6. The highest BCUT2D eigenvalue weighted by molar-refractivity contribution is 9.09. The van der Waals surface area contributed by atoms with Crippen LogP contribution < -0.4 is 9.64 Å². The lowest BCUT2D eigenvalue weighted by molar-refractivity contribution is -0.118. The summed E-state index contributed by atoms with van der Waals surface area (Å²) in [6.45, 7) is 0.632. The summed E-state index contributed by atoms with van der Waals surface area (Å²) < 4.78 is 5.24. The number of methoxy groups -OCH3 is 1. The van der Waals surface area contributed by atoms with Crippen molar-refractivity contribution in [3.8, 4) is 5.75 Å². The molecule has 0 fully saturated rings. The first-order valence-electron chi connectivity index (χ1n) is 7.08. The number of halogens is 3. The predicted molar refractivity (Wildman–Crippen MR) is 97.2 cm³/mol. The van der Waals surface area contributed by atoms with Gasteiger partial charge in [-0.05, 0) is 41.8 Å². The first-order valence-corrected chi connectivity index (χ1v) is 8.75. The smallest absolute Gasteiger partial charge is 0.245 e. The first-order chi connectivity index (χ1) is 11.0. The Kier molecular flexibility index (Phi) is 4.85. The zero-order chi connectivity index (χ0) is 16.6. The second-order valence-corrected chi connectivity index (χ2v) is 7.03. The minimum absolute atomic E-state index is 0.0210. The Morgan fingerprint density at radius 3 is 2.61 bits per heavy atom. The quantitative estimate of drug-likeness (QED) is 0.659. The molecule has 1 aliphatic heterocycles. The molecule has 1 aliphatic rings. The van der Waals surface area contributed by atoms with E-state index in [1.165, 1.54) is 0 Å². The molecule has 1 heterocycles. The van der Waals surface area contributed by atoms with Crippen LogP contribution in [-0.2, 0) is 11.2 Å². The van der Waals surface area contributed by atoms with Crippen molar-refractivity contribution in [2.45, 2.75) is 11.2 Å². The molecule has 1 atom stereocenters. The predicted octanol–water partition coefficient (Wildman–Crippen LogP) is 5.03. The Hall–Kier alpha value is -1.23. The van der Waals surface area contributed by atoms with E-state index in [9.17, 15) is 4.79 Å². The number of hydrogen-bond donors (Lipinski definition) is 0.